The molecule has 1 N–H and O–H groups in total. The average Bonchev–Trinajstić information content (AvgIpc) is 3.24. The largest absolute Gasteiger partial charge is 0.340 e. The first-order chi connectivity index (χ1) is 15.3. The lowest BCUT2D eigenvalue weighted by atomic mass is 10.0. The van der Waals surface area contributed by atoms with Crippen molar-refractivity contribution >= 4 is 22.7 Å². The molecule has 4 rings (SSSR count). The van der Waals surface area contributed by atoms with Gasteiger partial charge in [-0.2, -0.15) is 0 Å². The molecule has 1 atom stereocenters. The van der Waals surface area contributed by atoms with Crippen LogP contribution >= 0.6 is 0 Å². The predicted molar refractivity (Wildman–Crippen MR) is 126 cm³/mol. The number of aromatic amines is 1. The number of nitrogens with one attached hydrogen (secondary N) is 1. The van der Waals surface area contributed by atoms with Gasteiger partial charge in [-0.3, -0.25) is 9.79 Å². The van der Waals surface area contributed by atoms with Crippen LogP contribution in [0, 0.1) is 0 Å². The molecule has 162 valence electrons. The second-order valence-corrected chi connectivity index (χ2v) is 8.31. The van der Waals surface area contributed by atoms with Gasteiger partial charge in [0.25, 0.3) is 5.91 Å². The third kappa shape index (κ3) is 5.04. The zero-order valence-corrected chi connectivity index (χ0v) is 18.4. The lowest BCUT2D eigenvalue weighted by Crippen LogP contribution is -2.45. The van der Waals surface area contributed by atoms with Gasteiger partial charge in [0.2, 0.25) is 0 Å². The Balaban J connectivity index is 1.56. The topological polar surface area (TPSA) is 61.4 Å². The van der Waals surface area contributed by atoms with Crippen LogP contribution in [0.15, 0.2) is 59.6 Å². The van der Waals surface area contributed by atoms with Crippen LogP contribution in [0.25, 0.3) is 11.0 Å². The summed E-state index contributed by atoms with van der Waals surface area (Å²) in [7, 11) is 0. The third-order valence-electron chi connectivity index (χ3n) is 6.05. The first-order valence-electron chi connectivity index (χ1n) is 11.6. The van der Waals surface area contributed by atoms with Crippen LogP contribution in [0.4, 0.5) is 0 Å². The van der Waals surface area contributed by atoms with E-state index in [-0.39, 0.29) is 11.9 Å². The van der Waals surface area contributed by atoms with Gasteiger partial charge in [-0.25, -0.2) is 4.98 Å². The van der Waals surface area contributed by atoms with Crippen LogP contribution in [0.1, 0.15) is 69.3 Å². The van der Waals surface area contributed by atoms with Crippen LogP contribution in [0.3, 0.4) is 0 Å². The summed E-state index contributed by atoms with van der Waals surface area (Å²) in [6.45, 7) is 3.50. The Kier molecular flexibility index (Phi) is 7.13. The van der Waals surface area contributed by atoms with E-state index in [0.29, 0.717) is 18.8 Å². The fourth-order valence-electron chi connectivity index (χ4n) is 4.37. The first-order valence-corrected chi connectivity index (χ1v) is 11.6. The lowest BCUT2D eigenvalue weighted by molar-refractivity contribution is -0.127. The van der Waals surface area contributed by atoms with Gasteiger partial charge < -0.3 is 9.88 Å². The maximum absolute atomic E-state index is 13.5. The fourth-order valence-corrected chi connectivity index (χ4v) is 4.37. The lowest BCUT2D eigenvalue weighted by Gasteiger charge is -2.33. The summed E-state index contributed by atoms with van der Waals surface area (Å²) in [6, 6.07) is 17.8. The minimum Gasteiger partial charge on any atom is -0.340 e. The first kappa shape index (κ1) is 21.3. The second kappa shape index (κ2) is 10.4. The van der Waals surface area contributed by atoms with Gasteiger partial charge in [0.1, 0.15) is 11.5 Å². The van der Waals surface area contributed by atoms with Crippen molar-refractivity contribution in [2.75, 3.05) is 13.1 Å². The Labute approximate surface area is 184 Å². The minimum atomic E-state index is -0.0553. The molecule has 0 spiro atoms. The van der Waals surface area contributed by atoms with Gasteiger partial charge in [0.15, 0.2) is 0 Å². The van der Waals surface area contributed by atoms with Gasteiger partial charge in [-0.1, -0.05) is 87.9 Å². The second-order valence-electron chi connectivity index (χ2n) is 8.31. The molecule has 1 amide bonds. The number of H-pyrrole nitrogens is 1. The van der Waals surface area contributed by atoms with E-state index in [0.717, 1.165) is 35.3 Å². The van der Waals surface area contributed by atoms with Crippen LogP contribution in [0.2, 0.25) is 0 Å². The quantitative estimate of drug-likeness (QED) is 0.432. The molecule has 31 heavy (non-hydrogen) atoms. The number of hydrogen-bond donors (Lipinski definition) is 1. The number of fused-ring (bicyclic) bond motifs is 1. The molecule has 2 heterocycles. The number of carbonyl (C=O) groups excluding carboxylic acids is 1. The molecule has 1 aromatic heterocycles. The highest BCUT2D eigenvalue weighted by molar-refractivity contribution is 6.45. The van der Waals surface area contributed by atoms with Gasteiger partial charge >= 0.3 is 0 Å². The molecule has 0 radical (unpaired) electrons. The maximum atomic E-state index is 13.5. The number of carbonyl (C=O) groups is 1. The summed E-state index contributed by atoms with van der Waals surface area (Å²) < 4.78 is 0. The molecule has 0 aliphatic carbocycles. The Bertz CT molecular complexity index is 991. The summed E-state index contributed by atoms with van der Waals surface area (Å²) in [5.41, 5.74) is 3.43. The van der Waals surface area contributed by atoms with E-state index in [1.165, 1.54) is 32.1 Å². The number of rotatable bonds is 10. The highest BCUT2D eigenvalue weighted by atomic mass is 16.2. The van der Waals surface area contributed by atoms with Gasteiger partial charge in [-0.05, 0) is 18.6 Å². The molecule has 2 aromatic carbocycles. The zero-order chi connectivity index (χ0) is 21.5. The van der Waals surface area contributed by atoms with Crippen molar-refractivity contribution in [1.29, 1.82) is 0 Å². The van der Waals surface area contributed by atoms with E-state index in [9.17, 15) is 4.79 Å². The summed E-state index contributed by atoms with van der Waals surface area (Å²) in [5.74, 6) is 0.895. The Morgan fingerprint density at radius 3 is 2.52 bits per heavy atom. The Morgan fingerprint density at radius 2 is 1.71 bits per heavy atom. The van der Waals surface area contributed by atoms with E-state index in [1.807, 2.05) is 59.5 Å². The predicted octanol–water partition coefficient (Wildman–Crippen LogP) is 5.69. The van der Waals surface area contributed by atoms with Gasteiger partial charge in [0.05, 0.1) is 23.6 Å². The van der Waals surface area contributed by atoms with Crippen LogP contribution < -0.4 is 0 Å². The number of nitrogens with zero attached hydrogens (tertiary/aromatic N) is 3. The molecule has 1 aliphatic heterocycles. The Hall–Kier alpha value is -2.95. The van der Waals surface area contributed by atoms with Gasteiger partial charge in [0, 0.05) is 12.1 Å². The number of benzene rings is 2. The van der Waals surface area contributed by atoms with E-state index < -0.39 is 0 Å². The van der Waals surface area contributed by atoms with Crippen LogP contribution in [-0.4, -0.2) is 39.6 Å². The summed E-state index contributed by atoms with van der Waals surface area (Å²) in [5, 5.41) is 0. The highest BCUT2D eigenvalue weighted by Gasteiger charge is 2.32. The van der Waals surface area contributed by atoms with E-state index in [2.05, 4.69) is 16.9 Å². The fraction of sp³-hybridized carbons (Fsp3) is 0.423. The van der Waals surface area contributed by atoms with E-state index in [4.69, 9.17) is 4.98 Å². The molecular formula is C26H32N4O. The summed E-state index contributed by atoms with van der Waals surface area (Å²) in [4.78, 5) is 28.4. The average molecular weight is 417 g/mol. The van der Waals surface area contributed by atoms with Crippen molar-refractivity contribution < 1.29 is 4.79 Å². The van der Waals surface area contributed by atoms with Crippen molar-refractivity contribution in [3.05, 3.63) is 66.0 Å². The van der Waals surface area contributed by atoms with Crippen molar-refractivity contribution in [3.63, 3.8) is 0 Å². The minimum absolute atomic E-state index is 0.00823. The number of imidazole rings is 1. The van der Waals surface area contributed by atoms with E-state index >= 15 is 0 Å². The maximum Gasteiger partial charge on any atom is 0.273 e. The molecule has 0 saturated heterocycles. The molecule has 0 bridgehead atoms. The SMILES string of the molecule is CCCCCCCCC(c1nc2ccccc2[nH]1)N1CCN=C(c2ccccc2)C1=O. The number of amides is 1. The van der Waals surface area contributed by atoms with Crippen molar-refractivity contribution in [3.8, 4) is 0 Å². The molecular weight excluding hydrogens is 384 g/mol. The molecule has 5 nitrogen and oxygen atoms in total. The smallest absolute Gasteiger partial charge is 0.273 e. The Morgan fingerprint density at radius 1 is 0.968 bits per heavy atom. The zero-order valence-electron chi connectivity index (χ0n) is 18.4. The van der Waals surface area contributed by atoms with Crippen molar-refractivity contribution in [1.82, 2.24) is 14.9 Å². The highest BCUT2D eigenvalue weighted by Crippen LogP contribution is 2.29. The van der Waals surface area contributed by atoms with E-state index in [1.54, 1.807) is 0 Å². The standard InChI is InChI=1S/C26H32N4O/c1-2-3-4-5-6-10-17-23(25-28-21-15-11-12-16-22(21)29-25)30-19-18-27-24(26(30)31)20-13-8-7-9-14-20/h7-9,11-16,23H,2-6,10,17-19H2,1H3,(H,28,29). The molecule has 0 saturated carbocycles. The number of hydrogen-bond acceptors (Lipinski definition) is 3. The molecule has 5 heteroatoms. The van der Waals surface area contributed by atoms with Crippen molar-refractivity contribution in [2.45, 2.75) is 57.9 Å². The normalized spacial score (nSPS) is 15.3. The van der Waals surface area contributed by atoms with Crippen molar-refractivity contribution in [2.24, 2.45) is 4.99 Å². The monoisotopic (exact) mass is 416 g/mol. The molecule has 3 aromatic rings. The third-order valence-corrected chi connectivity index (χ3v) is 6.05. The van der Waals surface area contributed by atoms with Crippen LogP contribution in [0.5, 0.6) is 0 Å². The van der Waals surface area contributed by atoms with Crippen LogP contribution in [-0.2, 0) is 4.79 Å². The number of para-hydroxylation sites is 2. The summed E-state index contributed by atoms with van der Waals surface area (Å²) >= 11 is 0. The molecule has 0 fully saturated rings. The summed E-state index contributed by atoms with van der Waals surface area (Å²) in [6.07, 6.45) is 8.30. The molecule has 1 unspecified atom stereocenters. The van der Waals surface area contributed by atoms with Gasteiger partial charge in [-0.15, -0.1) is 0 Å². The number of aliphatic imine (C=N–C) groups is 1. The number of unbranched alkanes of at least 4 members (excludes halogenated alkanes) is 5. The number of aromatic nitrogens is 2. The molecule has 1 aliphatic rings.